The number of carbonyl (C=O) groups is 3. The van der Waals surface area contributed by atoms with Crippen molar-refractivity contribution in [3.63, 3.8) is 0 Å². The van der Waals surface area contributed by atoms with Crippen LogP contribution in [0.1, 0.15) is 24.2 Å². The highest BCUT2D eigenvalue weighted by atomic mass is 35.5. The fraction of sp³-hybridized carbons (Fsp3) is 0.167. The molecule has 1 N–H and O–H groups in total. The molecule has 25 heavy (non-hydrogen) atoms. The van der Waals surface area contributed by atoms with Crippen molar-refractivity contribution in [3.05, 3.63) is 58.1 Å². The smallest absolute Gasteiger partial charge is 0.244 e. The predicted molar refractivity (Wildman–Crippen MR) is 99.6 cm³/mol. The van der Waals surface area contributed by atoms with Crippen LogP contribution >= 0.6 is 23.2 Å². The lowest BCUT2D eigenvalue weighted by Gasteiger charge is -2.22. The highest BCUT2D eigenvalue weighted by Gasteiger charge is 2.19. The van der Waals surface area contributed by atoms with Crippen molar-refractivity contribution in [1.29, 1.82) is 0 Å². The Hall–Kier alpha value is -2.37. The third-order valence-electron chi connectivity index (χ3n) is 3.48. The van der Waals surface area contributed by atoms with Crippen LogP contribution in [0, 0.1) is 0 Å². The van der Waals surface area contributed by atoms with Crippen molar-refractivity contribution in [1.82, 2.24) is 0 Å². The molecule has 130 valence electrons. The second-order valence-corrected chi connectivity index (χ2v) is 6.14. The number of amides is 2. The van der Waals surface area contributed by atoms with Gasteiger partial charge in [0.15, 0.2) is 5.78 Å². The number of Topliss-reactive ketones (excluding diaryl/α,β-unsaturated/α-hetero) is 1. The number of hydrogen-bond donors (Lipinski definition) is 1. The van der Waals surface area contributed by atoms with E-state index in [1.807, 2.05) is 0 Å². The van der Waals surface area contributed by atoms with Gasteiger partial charge in [0.25, 0.3) is 0 Å². The van der Waals surface area contributed by atoms with Crippen LogP contribution in [-0.4, -0.2) is 24.1 Å². The van der Waals surface area contributed by atoms with E-state index in [9.17, 15) is 14.4 Å². The van der Waals surface area contributed by atoms with Gasteiger partial charge in [-0.1, -0.05) is 29.3 Å². The molecule has 0 radical (unpaired) electrons. The van der Waals surface area contributed by atoms with Gasteiger partial charge in [-0.25, -0.2) is 0 Å². The molecule has 0 spiro atoms. The predicted octanol–water partition coefficient (Wildman–Crippen LogP) is 4.19. The van der Waals surface area contributed by atoms with Crippen molar-refractivity contribution in [2.24, 2.45) is 0 Å². The maximum absolute atomic E-state index is 12.3. The second kappa shape index (κ2) is 8.14. The Kier molecular flexibility index (Phi) is 6.17. The molecule has 2 amide bonds. The van der Waals surface area contributed by atoms with Crippen molar-refractivity contribution in [2.75, 3.05) is 16.8 Å². The van der Waals surface area contributed by atoms with E-state index >= 15 is 0 Å². The molecule has 2 rings (SSSR count). The third-order valence-corrected chi connectivity index (χ3v) is 4.29. The van der Waals surface area contributed by atoms with Gasteiger partial charge in [0.05, 0.1) is 15.7 Å². The minimum Gasteiger partial charge on any atom is -0.325 e. The summed E-state index contributed by atoms with van der Waals surface area (Å²) in [5.74, 6) is -0.802. The highest BCUT2D eigenvalue weighted by Crippen LogP contribution is 2.32. The Morgan fingerprint density at radius 2 is 1.64 bits per heavy atom. The molecule has 0 aliphatic heterocycles. The molecular weight excluding hydrogens is 363 g/mol. The summed E-state index contributed by atoms with van der Waals surface area (Å²) in [7, 11) is 0. The van der Waals surface area contributed by atoms with E-state index in [-0.39, 0.29) is 23.3 Å². The minimum absolute atomic E-state index is 0.0590. The average Bonchev–Trinajstić information content (AvgIpc) is 2.56. The lowest BCUT2D eigenvalue weighted by Crippen LogP contribution is -2.36. The van der Waals surface area contributed by atoms with Crippen molar-refractivity contribution in [3.8, 4) is 0 Å². The molecule has 2 aromatic rings. The fourth-order valence-electron chi connectivity index (χ4n) is 2.20. The first-order valence-corrected chi connectivity index (χ1v) is 8.18. The first-order chi connectivity index (χ1) is 11.8. The molecule has 0 saturated carbocycles. The molecule has 0 heterocycles. The molecule has 2 aromatic carbocycles. The fourth-order valence-corrected chi connectivity index (χ4v) is 2.60. The molecule has 0 unspecified atom stereocenters. The summed E-state index contributed by atoms with van der Waals surface area (Å²) in [6, 6.07) is 11.4. The SMILES string of the molecule is CC(=O)c1ccc(NC(=O)CN(C(C)=O)c2cccc(Cl)c2Cl)cc1. The Balaban J connectivity index is 2.14. The average molecular weight is 379 g/mol. The van der Waals surface area contributed by atoms with Gasteiger partial charge in [-0.3, -0.25) is 14.4 Å². The number of halogens is 2. The van der Waals surface area contributed by atoms with Crippen LogP contribution in [0.15, 0.2) is 42.5 Å². The summed E-state index contributed by atoms with van der Waals surface area (Å²) in [4.78, 5) is 36.7. The van der Waals surface area contributed by atoms with E-state index in [0.29, 0.717) is 22.0 Å². The zero-order chi connectivity index (χ0) is 18.6. The monoisotopic (exact) mass is 378 g/mol. The van der Waals surface area contributed by atoms with Gasteiger partial charge >= 0.3 is 0 Å². The topological polar surface area (TPSA) is 66.5 Å². The van der Waals surface area contributed by atoms with E-state index in [1.54, 1.807) is 42.5 Å². The normalized spacial score (nSPS) is 10.2. The molecule has 5 nitrogen and oxygen atoms in total. The van der Waals surface area contributed by atoms with Crippen molar-refractivity contribution in [2.45, 2.75) is 13.8 Å². The molecule has 0 saturated heterocycles. The Bertz CT molecular complexity index is 820. The molecule has 0 atom stereocenters. The van der Waals surface area contributed by atoms with Crippen LogP contribution in [-0.2, 0) is 9.59 Å². The van der Waals surface area contributed by atoms with Crippen LogP contribution in [0.2, 0.25) is 10.0 Å². The van der Waals surface area contributed by atoms with Crippen molar-refractivity contribution < 1.29 is 14.4 Å². The number of anilines is 2. The van der Waals surface area contributed by atoms with E-state index < -0.39 is 5.91 Å². The Morgan fingerprint density at radius 1 is 1.00 bits per heavy atom. The molecule has 0 aliphatic carbocycles. The van der Waals surface area contributed by atoms with Gasteiger partial charge in [0.1, 0.15) is 6.54 Å². The molecule has 0 fully saturated rings. The minimum atomic E-state index is -0.401. The highest BCUT2D eigenvalue weighted by molar-refractivity contribution is 6.44. The number of ketones is 1. The molecular formula is C18H16Cl2N2O3. The van der Waals surface area contributed by atoms with E-state index in [0.717, 1.165) is 0 Å². The zero-order valence-electron chi connectivity index (χ0n) is 13.7. The summed E-state index contributed by atoms with van der Waals surface area (Å²) in [5.41, 5.74) is 1.44. The maximum Gasteiger partial charge on any atom is 0.244 e. The lowest BCUT2D eigenvalue weighted by molar-refractivity contribution is -0.120. The van der Waals surface area contributed by atoms with E-state index in [2.05, 4.69) is 5.32 Å². The summed E-state index contributed by atoms with van der Waals surface area (Å²) in [6.07, 6.45) is 0. The standard InChI is InChI=1S/C18H16Cl2N2O3/c1-11(23)13-6-8-14(9-7-13)21-17(25)10-22(12(2)24)16-5-3-4-15(19)18(16)20/h3-9H,10H2,1-2H3,(H,21,25). The number of hydrogen-bond acceptors (Lipinski definition) is 3. The largest absolute Gasteiger partial charge is 0.325 e. The summed E-state index contributed by atoms with van der Waals surface area (Å²) < 4.78 is 0. The first-order valence-electron chi connectivity index (χ1n) is 7.42. The van der Waals surface area contributed by atoms with Gasteiger partial charge in [0, 0.05) is 18.2 Å². The van der Waals surface area contributed by atoms with E-state index in [1.165, 1.54) is 18.7 Å². The summed E-state index contributed by atoms with van der Waals surface area (Å²) in [6.45, 7) is 2.59. The molecule has 0 aromatic heterocycles. The first kappa shape index (κ1) is 19.0. The van der Waals surface area contributed by atoms with Crippen LogP contribution in [0.5, 0.6) is 0 Å². The maximum atomic E-state index is 12.3. The lowest BCUT2D eigenvalue weighted by atomic mass is 10.1. The Morgan fingerprint density at radius 3 is 2.20 bits per heavy atom. The van der Waals surface area contributed by atoms with Crippen LogP contribution in [0.25, 0.3) is 0 Å². The third kappa shape index (κ3) is 4.81. The Labute approximate surface area is 155 Å². The molecule has 0 bridgehead atoms. The van der Waals surface area contributed by atoms with E-state index in [4.69, 9.17) is 23.2 Å². The number of rotatable bonds is 5. The number of benzene rings is 2. The molecule has 0 aliphatic rings. The van der Waals surface area contributed by atoms with Gasteiger partial charge in [-0.15, -0.1) is 0 Å². The molecule has 7 heteroatoms. The van der Waals surface area contributed by atoms with Crippen LogP contribution in [0.3, 0.4) is 0 Å². The number of carbonyl (C=O) groups excluding carboxylic acids is 3. The summed E-state index contributed by atoms with van der Waals surface area (Å²) >= 11 is 12.1. The van der Waals surface area contributed by atoms with Crippen LogP contribution in [0.4, 0.5) is 11.4 Å². The van der Waals surface area contributed by atoms with Gasteiger partial charge in [-0.2, -0.15) is 0 Å². The van der Waals surface area contributed by atoms with Crippen molar-refractivity contribution >= 4 is 52.2 Å². The quantitative estimate of drug-likeness (QED) is 0.793. The van der Waals surface area contributed by atoms with Crippen LogP contribution < -0.4 is 10.2 Å². The number of nitrogens with zero attached hydrogens (tertiary/aromatic N) is 1. The second-order valence-electron chi connectivity index (χ2n) is 5.36. The van der Waals surface area contributed by atoms with Gasteiger partial charge in [0.2, 0.25) is 11.8 Å². The zero-order valence-corrected chi connectivity index (χ0v) is 15.2. The number of nitrogens with one attached hydrogen (secondary N) is 1. The summed E-state index contributed by atoms with van der Waals surface area (Å²) in [5, 5.41) is 3.18. The van der Waals surface area contributed by atoms with Gasteiger partial charge in [-0.05, 0) is 43.3 Å². The van der Waals surface area contributed by atoms with Gasteiger partial charge < -0.3 is 10.2 Å².